The van der Waals surface area contributed by atoms with Crippen LogP contribution >= 0.6 is 11.8 Å². The van der Waals surface area contributed by atoms with Crippen molar-refractivity contribution in [2.45, 2.75) is 20.4 Å². The molecule has 11 heteroatoms. The van der Waals surface area contributed by atoms with E-state index in [0.29, 0.717) is 16.7 Å². The van der Waals surface area contributed by atoms with Crippen molar-refractivity contribution in [3.05, 3.63) is 48.5 Å². The molecular weight excluding hydrogens is 406 g/mol. The Bertz CT molecular complexity index is 976. The molecular formula is C15H16F2N2O4S3. The molecule has 1 N–H and O–H groups in total. The fourth-order valence-corrected chi connectivity index (χ4v) is 4.56. The van der Waals surface area contributed by atoms with Gasteiger partial charge >= 0.3 is 0 Å². The molecule has 26 heavy (non-hydrogen) atoms. The van der Waals surface area contributed by atoms with E-state index in [1.807, 2.05) is 0 Å². The highest BCUT2D eigenvalue weighted by atomic mass is 32.2. The number of rotatable bonds is 7. The van der Waals surface area contributed by atoms with E-state index < -0.39 is 25.8 Å². The number of nitrogens with zero attached hydrogens (tertiary/aromatic N) is 1. The van der Waals surface area contributed by atoms with E-state index in [-0.39, 0.29) is 15.5 Å². The summed E-state index contributed by atoms with van der Waals surface area (Å²) in [6.45, 7) is 0. The second-order valence-electron chi connectivity index (χ2n) is 5.27. The maximum absolute atomic E-state index is 12.5. The van der Waals surface area contributed by atoms with Crippen molar-refractivity contribution in [3.8, 4) is 0 Å². The van der Waals surface area contributed by atoms with Crippen LogP contribution in [0.2, 0.25) is 0 Å². The number of sulfonamides is 2. The smallest absolute Gasteiger partial charge is 0.280 e. The van der Waals surface area contributed by atoms with Crippen LogP contribution in [0.4, 0.5) is 14.5 Å². The van der Waals surface area contributed by atoms with Crippen molar-refractivity contribution in [2.24, 2.45) is 0 Å². The van der Waals surface area contributed by atoms with Gasteiger partial charge in [-0.1, -0.05) is 17.8 Å². The van der Waals surface area contributed by atoms with Gasteiger partial charge in [0.15, 0.2) is 0 Å². The van der Waals surface area contributed by atoms with E-state index in [0.717, 1.165) is 10.4 Å². The predicted molar refractivity (Wildman–Crippen MR) is 96.4 cm³/mol. The fraction of sp³-hybridized carbons (Fsp3) is 0.200. The highest BCUT2D eigenvalue weighted by Gasteiger charge is 2.21. The molecule has 0 aliphatic carbocycles. The van der Waals surface area contributed by atoms with Crippen molar-refractivity contribution in [1.29, 1.82) is 0 Å². The number of hydrogen-bond acceptors (Lipinski definition) is 5. The number of anilines is 1. The lowest BCUT2D eigenvalue weighted by Crippen LogP contribution is -2.22. The molecule has 0 heterocycles. The lowest BCUT2D eigenvalue weighted by molar-refractivity contribution is 0.252. The molecule has 0 aliphatic rings. The highest BCUT2D eigenvalue weighted by Crippen LogP contribution is 2.27. The Morgan fingerprint density at radius 3 is 2.08 bits per heavy atom. The van der Waals surface area contributed by atoms with Crippen LogP contribution in [0.1, 0.15) is 0 Å². The third-order valence-corrected chi connectivity index (χ3v) is 7.14. The Labute approximate surface area is 155 Å². The van der Waals surface area contributed by atoms with Crippen molar-refractivity contribution >= 4 is 37.5 Å². The summed E-state index contributed by atoms with van der Waals surface area (Å²) >= 11 is 0.347. The van der Waals surface area contributed by atoms with Crippen LogP contribution in [0.25, 0.3) is 0 Å². The summed E-state index contributed by atoms with van der Waals surface area (Å²) in [5.74, 6) is -2.57. The first-order valence-electron chi connectivity index (χ1n) is 7.13. The minimum atomic E-state index is -4.05. The van der Waals surface area contributed by atoms with Gasteiger partial charge in [0, 0.05) is 24.7 Å². The summed E-state index contributed by atoms with van der Waals surface area (Å²) in [5, 5.41) is 0. The lowest BCUT2D eigenvalue weighted by Gasteiger charge is -2.13. The van der Waals surface area contributed by atoms with E-state index in [4.69, 9.17) is 0 Å². The Balaban J connectivity index is 2.28. The zero-order chi connectivity index (χ0) is 19.5. The Morgan fingerprint density at radius 2 is 1.54 bits per heavy atom. The van der Waals surface area contributed by atoms with Gasteiger partial charge in [0.1, 0.15) is 0 Å². The number of thioether (sulfide) groups is 1. The second kappa shape index (κ2) is 7.91. The molecule has 0 radical (unpaired) electrons. The average Bonchev–Trinajstić information content (AvgIpc) is 2.56. The van der Waals surface area contributed by atoms with E-state index >= 15 is 0 Å². The molecule has 0 atom stereocenters. The van der Waals surface area contributed by atoms with Crippen molar-refractivity contribution in [3.63, 3.8) is 0 Å². The summed E-state index contributed by atoms with van der Waals surface area (Å²) in [6, 6.07) is 10.4. The highest BCUT2D eigenvalue weighted by molar-refractivity contribution is 7.99. The van der Waals surface area contributed by atoms with E-state index in [1.165, 1.54) is 56.6 Å². The average molecular weight is 423 g/mol. The third kappa shape index (κ3) is 4.93. The van der Waals surface area contributed by atoms with E-state index in [1.54, 1.807) is 0 Å². The number of halogens is 2. The Morgan fingerprint density at radius 1 is 0.962 bits per heavy atom. The zero-order valence-corrected chi connectivity index (χ0v) is 16.2. The van der Waals surface area contributed by atoms with Crippen LogP contribution in [0, 0.1) is 0 Å². The maximum Gasteiger partial charge on any atom is 0.288 e. The minimum absolute atomic E-state index is 0.158. The van der Waals surface area contributed by atoms with E-state index in [2.05, 4.69) is 4.72 Å². The van der Waals surface area contributed by atoms with Gasteiger partial charge in [-0.3, -0.25) is 4.72 Å². The molecule has 6 nitrogen and oxygen atoms in total. The molecule has 0 bridgehead atoms. The standard InChI is InChI=1S/C15H16F2N2O4S3/c1-19(2)26(22,23)14-5-3-4-13(10-14)25(20,21)18-11-6-8-12(9-7-11)24-15(16)17/h3-10,15,18H,1-2H3. The van der Waals surface area contributed by atoms with Crippen LogP contribution in [-0.4, -0.2) is 41.0 Å². The van der Waals surface area contributed by atoms with E-state index in [9.17, 15) is 25.6 Å². The van der Waals surface area contributed by atoms with Crippen LogP contribution < -0.4 is 4.72 Å². The summed E-state index contributed by atoms with van der Waals surface area (Å²) in [6.07, 6.45) is 0. The van der Waals surface area contributed by atoms with Crippen LogP contribution in [-0.2, 0) is 20.0 Å². The van der Waals surface area contributed by atoms with Gasteiger partial charge in [-0.2, -0.15) is 8.78 Å². The van der Waals surface area contributed by atoms with Crippen LogP contribution in [0.15, 0.2) is 63.2 Å². The predicted octanol–water partition coefficient (Wildman–Crippen LogP) is 3.05. The van der Waals surface area contributed by atoms with Gasteiger partial charge < -0.3 is 0 Å². The fourth-order valence-electron chi connectivity index (χ4n) is 1.93. The van der Waals surface area contributed by atoms with Gasteiger partial charge in [-0.15, -0.1) is 0 Å². The van der Waals surface area contributed by atoms with Gasteiger partial charge in [0.25, 0.3) is 15.8 Å². The number of nitrogens with one attached hydrogen (secondary N) is 1. The molecule has 0 saturated carbocycles. The lowest BCUT2D eigenvalue weighted by atomic mass is 10.3. The third-order valence-electron chi connectivity index (χ3n) is 3.23. The van der Waals surface area contributed by atoms with Gasteiger partial charge in [0.2, 0.25) is 10.0 Å². The molecule has 0 fully saturated rings. The normalized spacial score (nSPS) is 12.5. The van der Waals surface area contributed by atoms with Crippen molar-refractivity contribution < 1.29 is 25.6 Å². The molecule has 2 aromatic carbocycles. The number of benzene rings is 2. The first-order valence-corrected chi connectivity index (χ1v) is 10.9. The molecule has 0 unspecified atom stereocenters. The van der Waals surface area contributed by atoms with Crippen molar-refractivity contribution in [2.75, 3.05) is 18.8 Å². The minimum Gasteiger partial charge on any atom is -0.280 e. The zero-order valence-electron chi connectivity index (χ0n) is 13.8. The molecule has 0 aromatic heterocycles. The molecule has 0 spiro atoms. The topological polar surface area (TPSA) is 83.6 Å². The second-order valence-corrected chi connectivity index (χ2v) is 10.2. The summed E-state index contributed by atoms with van der Waals surface area (Å²) < 4.78 is 77.1. The van der Waals surface area contributed by atoms with Gasteiger partial charge in [-0.25, -0.2) is 21.1 Å². The van der Waals surface area contributed by atoms with Gasteiger partial charge in [-0.05, 0) is 42.5 Å². The quantitative estimate of drug-likeness (QED) is 0.694. The number of hydrogen-bond donors (Lipinski definition) is 1. The molecule has 0 amide bonds. The molecule has 142 valence electrons. The summed E-state index contributed by atoms with van der Waals surface area (Å²) in [5.41, 5.74) is 0.171. The largest absolute Gasteiger partial charge is 0.288 e. The summed E-state index contributed by atoms with van der Waals surface area (Å²) in [4.78, 5) is -0.0949. The first-order chi connectivity index (χ1) is 12.0. The maximum atomic E-state index is 12.5. The molecule has 2 aromatic rings. The Kier molecular flexibility index (Phi) is 6.27. The van der Waals surface area contributed by atoms with Gasteiger partial charge in [0.05, 0.1) is 9.79 Å². The summed E-state index contributed by atoms with van der Waals surface area (Å²) in [7, 11) is -5.15. The Hall–Kier alpha value is -1.69. The van der Waals surface area contributed by atoms with Crippen molar-refractivity contribution in [1.82, 2.24) is 4.31 Å². The van der Waals surface area contributed by atoms with Crippen LogP contribution in [0.5, 0.6) is 0 Å². The molecule has 2 rings (SSSR count). The number of alkyl halides is 2. The SMILES string of the molecule is CN(C)S(=O)(=O)c1cccc(S(=O)(=O)Nc2ccc(SC(F)F)cc2)c1. The first kappa shape index (κ1) is 20.6. The van der Waals surface area contributed by atoms with Crippen LogP contribution in [0.3, 0.4) is 0 Å². The monoisotopic (exact) mass is 422 g/mol. The molecule has 0 aliphatic heterocycles. The molecule has 0 saturated heterocycles.